The Bertz CT molecular complexity index is 2680. The third kappa shape index (κ3) is 11.0. The number of carbonyl (C=O) groups excluding carboxylic acids is 1. The Morgan fingerprint density at radius 2 is 1.68 bits per heavy atom. The van der Waals surface area contributed by atoms with Crippen molar-refractivity contribution in [2.45, 2.75) is 103 Å². The first kappa shape index (κ1) is 49.3. The van der Waals surface area contributed by atoms with Gasteiger partial charge in [0.05, 0.1) is 49.2 Å². The maximum Gasteiger partial charge on any atom is 0.337 e. The molecule has 8 rings (SSSR count). The van der Waals surface area contributed by atoms with E-state index in [0.717, 1.165) is 68.1 Å². The van der Waals surface area contributed by atoms with Crippen LogP contribution in [-0.4, -0.2) is 86.3 Å². The van der Waals surface area contributed by atoms with Gasteiger partial charge in [-0.25, -0.2) is 13.2 Å². The molecule has 0 spiro atoms. The minimum atomic E-state index is -4.04. The zero-order valence-corrected chi connectivity index (χ0v) is 41.5. The number of rotatable bonds is 19. The number of nitrogens with zero attached hydrogens (tertiary/aromatic N) is 1. The normalized spacial score (nSPS) is 20.7. The van der Waals surface area contributed by atoms with Crippen LogP contribution in [0.4, 0.5) is 5.69 Å². The number of aliphatic hydroxyl groups is 1. The van der Waals surface area contributed by atoms with Crippen molar-refractivity contribution in [1.82, 2.24) is 4.31 Å². The summed E-state index contributed by atoms with van der Waals surface area (Å²) in [6.07, 6.45) is 1.69. The van der Waals surface area contributed by atoms with Crippen LogP contribution in [0, 0.1) is 23.2 Å². The molecule has 2 aliphatic heterocycles. The van der Waals surface area contributed by atoms with Crippen LogP contribution in [0.5, 0.6) is 5.75 Å². The molecule has 0 bridgehead atoms. The van der Waals surface area contributed by atoms with Crippen molar-refractivity contribution in [2.24, 2.45) is 23.2 Å². The van der Waals surface area contributed by atoms with Crippen LogP contribution in [0.25, 0.3) is 21.6 Å². The largest absolute Gasteiger partial charge is 0.497 e. The number of hydrogen-bond donors (Lipinski definition) is 3. The maximum atomic E-state index is 14.1. The summed E-state index contributed by atoms with van der Waals surface area (Å²) in [5.41, 5.74) is 6.99. The van der Waals surface area contributed by atoms with Crippen LogP contribution in [0.2, 0.25) is 0 Å². The molecule has 5 aromatic rings. The number of thiophene rings is 1. The average molecular weight is 965 g/mol. The van der Waals surface area contributed by atoms with Gasteiger partial charge in [0.1, 0.15) is 11.9 Å². The van der Waals surface area contributed by atoms with Gasteiger partial charge < -0.3 is 34.5 Å². The molecule has 1 aromatic heterocycles. The van der Waals surface area contributed by atoms with Crippen LogP contribution in [0.15, 0.2) is 102 Å². The highest BCUT2D eigenvalue weighted by molar-refractivity contribution is 7.89. The number of aryl methyl sites for hydroxylation is 1. The molecule has 14 heteroatoms. The fraction of sp³-hybridized carbons (Fsp3) is 0.444. The molecular weight excluding hydrogens is 901 g/mol. The van der Waals surface area contributed by atoms with E-state index in [4.69, 9.17) is 18.9 Å². The molecule has 3 heterocycles. The van der Waals surface area contributed by atoms with E-state index in [9.17, 15) is 28.2 Å². The number of benzene rings is 4. The van der Waals surface area contributed by atoms with Crippen molar-refractivity contribution in [2.75, 3.05) is 38.7 Å². The van der Waals surface area contributed by atoms with Crippen molar-refractivity contribution < 1.29 is 47.2 Å². The number of carboxylic acid groups (broad SMARTS) is 1. The zero-order chi connectivity index (χ0) is 48.4. The Hall–Kier alpha value is -5.09. The van der Waals surface area contributed by atoms with Crippen molar-refractivity contribution in [3.63, 3.8) is 0 Å². The lowest BCUT2D eigenvalue weighted by Gasteiger charge is -2.30. The van der Waals surface area contributed by atoms with Gasteiger partial charge in [-0.3, -0.25) is 4.79 Å². The van der Waals surface area contributed by atoms with Crippen LogP contribution in [-0.2, 0) is 54.8 Å². The molecule has 0 saturated carbocycles. The van der Waals surface area contributed by atoms with E-state index >= 15 is 0 Å². The van der Waals surface area contributed by atoms with E-state index < -0.39 is 45.9 Å². The van der Waals surface area contributed by atoms with Gasteiger partial charge in [0.25, 0.3) is 0 Å². The molecule has 2 saturated heterocycles. The number of hydrogen-bond acceptors (Lipinski definition) is 11. The molecule has 1 aliphatic carbocycles. The smallest absolute Gasteiger partial charge is 0.337 e. The van der Waals surface area contributed by atoms with Crippen molar-refractivity contribution in [3.8, 4) is 27.3 Å². The fourth-order valence-electron chi connectivity index (χ4n) is 9.98. The number of aromatic carboxylic acids is 1. The topological polar surface area (TPSA) is 161 Å². The molecule has 0 unspecified atom stereocenters. The summed E-state index contributed by atoms with van der Waals surface area (Å²) in [4.78, 5) is 28.8. The summed E-state index contributed by atoms with van der Waals surface area (Å²) < 4.78 is 52.5. The molecule has 12 nitrogen and oxygen atoms in total. The number of carboxylic acids is 1. The first-order valence-electron chi connectivity index (χ1n) is 23.6. The summed E-state index contributed by atoms with van der Waals surface area (Å²) in [6.45, 7) is 11.2. The number of anilines is 1. The summed E-state index contributed by atoms with van der Waals surface area (Å²) in [7, 11) is -2.53. The Labute approximate surface area is 404 Å². The van der Waals surface area contributed by atoms with Crippen LogP contribution >= 0.6 is 11.3 Å². The number of methoxy groups -OCH3 is 1. The number of nitrogens with one attached hydrogen (secondary N) is 1. The molecular formula is C54H64N2O10S2. The number of sulfonamides is 1. The molecule has 3 aliphatic rings. The van der Waals surface area contributed by atoms with E-state index in [1.807, 2.05) is 63.2 Å². The third-order valence-electron chi connectivity index (χ3n) is 13.8. The summed E-state index contributed by atoms with van der Waals surface area (Å²) in [5, 5.41) is 26.3. The molecule has 5 atom stereocenters. The molecule has 2 fully saturated rings. The second kappa shape index (κ2) is 20.5. The second-order valence-corrected chi connectivity index (χ2v) is 22.9. The maximum absolute atomic E-state index is 14.1. The number of aliphatic hydroxyl groups excluding tert-OH is 1. The average Bonchev–Trinajstić information content (AvgIpc) is 3.98. The lowest BCUT2D eigenvalue weighted by Crippen LogP contribution is -2.43. The number of fused-ring (bicyclic) bond motifs is 2. The molecule has 4 aromatic carbocycles. The van der Waals surface area contributed by atoms with E-state index in [0.29, 0.717) is 30.9 Å². The molecule has 0 amide bonds. The minimum Gasteiger partial charge on any atom is -0.497 e. The Morgan fingerprint density at radius 1 is 0.941 bits per heavy atom. The second-order valence-electron chi connectivity index (χ2n) is 19.9. The first-order chi connectivity index (χ1) is 32.4. The highest BCUT2D eigenvalue weighted by Crippen LogP contribution is 2.47. The molecule has 362 valence electrons. The van der Waals surface area contributed by atoms with Gasteiger partial charge in [-0.15, -0.1) is 11.3 Å². The molecule has 0 radical (unpaired) electrons. The van der Waals surface area contributed by atoms with Crippen molar-refractivity contribution in [3.05, 3.63) is 124 Å². The van der Waals surface area contributed by atoms with Crippen LogP contribution < -0.4 is 10.1 Å². The van der Waals surface area contributed by atoms with Crippen LogP contribution in [0.3, 0.4) is 0 Å². The molecule has 68 heavy (non-hydrogen) atoms. The summed E-state index contributed by atoms with van der Waals surface area (Å²) >= 11 is 1.60. The van der Waals surface area contributed by atoms with Gasteiger partial charge in [-0.1, -0.05) is 82.3 Å². The predicted molar refractivity (Wildman–Crippen MR) is 264 cm³/mol. The predicted octanol–water partition coefficient (Wildman–Crippen LogP) is 9.87. The van der Waals surface area contributed by atoms with E-state index in [2.05, 4.69) is 49.5 Å². The number of esters is 1. The van der Waals surface area contributed by atoms with Gasteiger partial charge in [-0.2, -0.15) is 4.31 Å². The zero-order valence-electron chi connectivity index (χ0n) is 39.8. The third-order valence-corrected chi connectivity index (χ3v) is 16.9. The van der Waals surface area contributed by atoms with E-state index in [-0.39, 0.29) is 54.7 Å². The SMILES string of the molecule is COc1ccc(S(=O)(=O)N(CC(C)C)C[C@@H](O)[C@@H](CC(=O)O[C@H]2CO[C@@]3(C)OCC[C@@H]23)Cc2ccc(NCc3cc(-c4ccccc4)ccc3-c3sc4c(c3C(=O)O)CC(C)(C)CC4)cc2)cc1. The highest BCUT2D eigenvalue weighted by Gasteiger charge is 2.53. The summed E-state index contributed by atoms with van der Waals surface area (Å²) in [5.74, 6) is -2.55. The van der Waals surface area contributed by atoms with Gasteiger partial charge in [0.15, 0.2) is 5.79 Å². The quantitative estimate of drug-likeness (QED) is 0.0676. The fourth-order valence-corrected chi connectivity index (χ4v) is 13.0. The molecule has 3 N–H and O–H groups in total. The van der Waals surface area contributed by atoms with Gasteiger partial charge in [0, 0.05) is 41.0 Å². The Kier molecular flexibility index (Phi) is 14.9. The highest BCUT2D eigenvalue weighted by atomic mass is 32.2. The Morgan fingerprint density at radius 3 is 2.37 bits per heavy atom. The van der Waals surface area contributed by atoms with Gasteiger partial charge >= 0.3 is 11.9 Å². The van der Waals surface area contributed by atoms with Gasteiger partial charge in [0.2, 0.25) is 10.0 Å². The van der Waals surface area contributed by atoms with Crippen molar-refractivity contribution >= 4 is 39.0 Å². The standard InChI is InChI=1S/C54H64N2O10S2/c1-34(2)31-56(68(61,62)42-19-17-41(63-6)18-20-42)32-46(57)38(28-49(58)66-47-33-65-54(5)45(47)23-25-64-54)26-35-12-15-40(16-13-35)55-30-39-27-37(36-10-8-7-9-11-36)14-21-43(39)51-50(52(59)60)44-29-53(3,4)24-22-48(44)67-51/h7-21,27,34,38,45-47,55,57H,22-26,28-33H2,1-6H3,(H,59,60)/t38-,45+,46-,47+,54-/m1/s1. The lowest BCUT2D eigenvalue weighted by atomic mass is 9.76. The monoisotopic (exact) mass is 964 g/mol. The summed E-state index contributed by atoms with van der Waals surface area (Å²) in [6, 6.07) is 30.3. The van der Waals surface area contributed by atoms with Crippen LogP contribution in [0.1, 0.15) is 85.8 Å². The Balaban J connectivity index is 1.04. The number of ether oxygens (including phenoxy) is 4. The minimum absolute atomic E-state index is 0.0236. The number of carbonyl (C=O) groups is 2. The van der Waals surface area contributed by atoms with E-state index in [1.165, 1.54) is 23.5 Å². The first-order valence-corrected chi connectivity index (χ1v) is 25.9. The van der Waals surface area contributed by atoms with E-state index in [1.54, 1.807) is 23.5 Å². The van der Waals surface area contributed by atoms with Crippen molar-refractivity contribution in [1.29, 1.82) is 0 Å². The lowest BCUT2D eigenvalue weighted by molar-refractivity contribution is -0.181. The van der Waals surface area contributed by atoms with Gasteiger partial charge in [-0.05, 0) is 126 Å².